The molecule has 6 aromatic carbocycles. The third-order valence-electron chi connectivity index (χ3n) is 9.67. The molecule has 2 heterocycles. The first kappa shape index (κ1) is 30.4. The lowest BCUT2D eigenvalue weighted by Crippen LogP contribution is -2.14. The summed E-state index contributed by atoms with van der Waals surface area (Å²) in [6, 6.07) is 29.4. The summed E-state index contributed by atoms with van der Waals surface area (Å²) in [5.41, 5.74) is 7.96. The van der Waals surface area contributed by atoms with Crippen LogP contribution in [0.15, 0.2) is 107 Å². The monoisotopic (exact) mass is 670 g/mol. The van der Waals surface area contributed by atoms with E-state index in [0.29, 0.717) is 43.6 Å². The molecule has 0 aliphatic carbocycles. The van der Waals surface area contributed by atoms with Gasteiger partial charge in [-0.3, -0.25) is 0 Å². The van der Waals surface area contributed by atoms with E-state index in [1.54, 1.807) is 48.5 Å². The Bertz CT molecular complexity index is 2700. The van der Waals surface area contributed by atoms with Crippen molar-refractivity contribution in [2.45, 2.75) is 51.3 Å². The van der Waals surface area contributed by atoms with E-state index < -0.39 is 20.0 Å². The van der Waals surface area contributed by atoms with Crippen LogP contribution in [0.4, 0.5) is 0 Å². The zero-order chi connectivity index (χ0) is 33.9. The molecule has 0 fully saturated rings. The fourth-order valence-corrected chi connectivity index (χ4v) is 10.2. The zero-order valence-corrected chi connectivity index (χ0v) is 29.2. The van der Waals surface area contributed by atoms with Gasteiger partial charge >= 0.3 is 0 Å². The van der Waals surface area contributed by atoms with Crippen LogP contribution >= 0.6 is 0 Å². The Morgan fingerprint density at radius 1 is 0.396 bits per heavy atom. The Morgan fingerprint density at radius 2 is 0.729 bits per heavy atom. The number of hydrogen-bond donors (Lipinski definition) is 0. The Hall–Kier alpha value is -4.92. The average Bonchev–Trinajstić information content (AvgIpc) is 3.56. The summed E-state index contributed by atoms with van der Waals surface area (Å²) < 4.78 is 62.2. The lowest BCUT2D eigenvalue weighted by Gasteiger charge is -2.15. The summed E-state index contributed by atoms with van der Waals surface area (Å²) in [4.78, 5) is 0.370. The normalized spacial score (nSPS) is 12.7. The number of fused-ring (bicyclic) bond motifs is 10. The summed E-state index contributed by atoms with van der Waals surface area (Å²) in [6.45, 7) is 11.8. The van der Waals surface area contributed by atoms with Crippen molar-refractivity contribution in [3.63, 3.8) is 0 Å². The molecule has 48 heavy (non-hydrogen) atoms. The summed E-state index contributed by atoms with van der Waals surface area (Å²) in [5.74, 6) is 0. The second-order valence-electron chi connectivity index (χ2n) is 13.1. The molecule has 0 atom stereocenters. The van der Waals surface area contributed by atoms with Gasteiger partial charge in [-0.15, -0.1) is 0 Å². The smallest absolute Gasteiger partial charge is 0.233 e. The molecule has 240 valence electrons. The van der Waals surface area contributed by atoms with E-state index in [9.17, 15) is 16.8 Å². The van der Waals surface area contributed by atoms with Crippen molar-refractivity contribution in [3.05, 3.63) is 130 Å². The topological polar surface area (TPSA) is 78.1 Å². The van der Waals surface area contributed by atoms with Gasteiger partial charge in [0.2, 0.25) is 0 Å². The van der Waals surface area contributed by atoms with Gasteiger partial charge in [-0.1, -0.05) is 58.7 Å². The minimum atomic E-state index is -4.10. The van der Waals surface area contributed by atoms with E-state index in [4.69, 9.17) is 0 Å². The van der Waals surface area contributed by atoms with E-state index in [1.165, 1.54) is 7.94 Å². The van der Waals surface area contributed by atoms with E-state index in [1.807, 2.05) is 90.1 Å². The predicted octanol–water partition coefficient (Wildman–Crippen LogP) is 9.38. The molecule has 0 N–H and O–H groups in total. The Morgan fingerprint density at radius 3 is 1.08 bits per heavy atom. The predicted molar refractivity (Wildman–Crippen MR) is 196 cm³/mol. The molecule has 0 saturated carbocycles. The Kier molecular flexibility index (Phi) is 6.52. The number of rotatable bonds is 4. The van der Waals surface area contributed by atoms with Crippen molar-refractivity contribution >= 4 is 74.4 Å². The van der Waals surface area contributed by atoms with Crippen LogP contribution in [0.1, 0.15) is 33.4 Å². The molecule has 6 nitrogen and oxygen atoms in total. The molecule has 8 rings (SSSR count). The van der Waals surface area contributed by atoms with E-state index in [-0.39, 0.29) is 9.79 Å². The molecule has 0 radical (unpaired) electrons. The van der Waals surface area contributed by atoms with Gasteiger partial charge in [0.1, 0.15) is 0 Å². The van der Waals surface area contributed by atoms with Crippen molar-refractivity contribution in [1.29, 1.82) is 0 Å². The molecule has 0 spiro atoms. The van der Waals surface area contributed by atoms with Gasteiger partial charge in [0.25, 0.3) is 20.0 Å². The number of aromatic nitrogens is 2. The van der Waals surface area contributed by atoms with Gasteiger partial charge in [0.05, 0.1) is 31.9 Å². The van der Waals surface area contributed by atoms with E-state index in [0.717, 1.165) is 44.2 Å². The Labute approximate surface area is 280 Å². The van der Waals surface area contributed by atoms with Crippen LogP contribution in [0.5, 0.6) is 0 Å². The molecule has 0 amide bonds. The lowest BCUT2D eigenvalue weighted by atomic mass is 9.96. The number of benzene rings is 6. The summed E-state index contributed by atoms with van der Waals surface area (Å²) >= 11 is 0. The van der Waals surface area contributed by atoms with Crippen LogP contribution in [0.25, 0.3) is 54.4 Å². The van der Waals surface area contributed by atoms with Crippen molar-refractivity contribution in [2.24, 2.45) is 0 Å². The van der Waals surface area contributed by atoms with E-state index in [2.05, 4.69) is 0 Å². The highest BCUT2D eigenvalue weighted by molar-refractivity contribution is 7.90. The van der Waals surface area contributed by atoms with Crippen LogP contribution in [0.3, 0.4) is 0 Å². The Balaban J connectivity index is 1.71. The van der Waals surface area contributed by atoms with Gasteiger partial charge in [-0.05, 0) is 113 Å². The highest BCUT2D eigenvalue weighted by Crippen LogP contribution is 2.48. The molecule has 2 aromatic heterocycles. The van der Waals surface area contributed by atoms with Gasteiger partial charge in [0.15, 0.2) is 0 Å². The standard InChI is InChI=1S/C40H34N2O4S2/c1-23-7-13-29(14-8-23)47(43,44)41-35-17-11-25(3)19-33(35)37-38-34-20-26(4)12-18-36(34)42(48(45,46)30-15-9-24(2)10-16-30)40(38)32-22-28(6)27(5)21-31(32)39(37)41/h7-22H,1-6H3. The minimum Gasteiger partial charge on any atom is -0.233 e. The van der Waals surface area contributed by atoms with Gasteiger partial charge in [-0.2, -0.15) is 0 Å². The van der Waals surface area contributed by atoms with Crippen LogP contribution in [0, 0.1) is 41.5 Å². The first-order valence-corrected chi connectivity index (χ1v) is 18.7. The largest absolute Gasteiger partial charge is 0.268 e. The molecular formula is C40H34N2O4S2. The molecule has 0 aliphatic rings. The fraction of sp³-hybridized carbons (Fsp3) is 0.150. The minimum absolute atomic E-state index is 0.185. The van der Waals surface area contributed by atoms with Crippen molar-refractivity contribution < 1.29 is 16.8 Å². The maximum absolute atomic E-state index is 14.8. The summed E-state index contributed by atoms with van der Waals surface area (Å²) in [6.07, 6.45) is 0. The first-order chi connectivity index (χ1) is 22.8. The van der Waals surface area contributed by atoms with Crippen molar-refractivity contribution in [2.75, 3.05) is 0 Å². The van der Waals surface area contributed by atoms with Gasteiger partial charge < -0.3 is 0 Å². The second kappa shape index (κ2) is 10.3. The second-order valence-corrected chi connectivity index (χ2v) is 16.7. The van der Waals surface area contributed by atoms with Gasteiger partial charge in [0, 0.05) is 32.3 Å². The first-order valence-electron chi connectivity index (χ1n) is 15.9. The quantitative estimate of drug-likeness (QED) is 0.187. The van der Waals surface area contributed by atoms with E-state index >= 15 is 0 Å². The average molecular weight is 671 g/mol. The van der Waals surface area contributed by atoms with Crippen LogP contribution in [0.2, 0.25) is 0 Å². The van der Waals surface area contributed by atoms with Gasteiger partial charge in [-0.25, -0.2) is 24.8 Å². The van der Waals surface area contributed by atoms with Crippen LogP contribution in [-0.4, -0.2) is 24.8 Å². The molecule has 0 aliphatic heterocycles. The number of aryl methyl sites for hydroxylation is 6. The number of nitrogens with zero attached hydrogens (tertiary/aromatic N) is 2. The maximum Gasteiger partial charge on any atom is 0.268 e. The summed E-state index contributed by atoms with van der Waals surface area (Å²) in [5, 5.41) is 4.26. The molecule has 8 aromatic rings. The third-order valence-corrected chi connectivity index (χ3v) is 13.1. The molecule has 8 heteroatoms. The SMILES string of the molecule is Cc1ccc(S(=O)(=O)n2c3ccc(C)cc3c3c4c5cc(C)ccc5n(S(=O)(=O)c5ccc(C)cc5)c4c4cc(C)c(C)cc4c32)cc1. The fourth-order valence-electron chi connectivity index (χ4n) is 7.09. The lowest BCUT2D eigenvalue weighted by molar-refractivity contribution is 0.588. The third kappa shape index (κ3) is 4.22. The molecule has 0 bridgehead atoms. The number of hydrogen-bond acceptors (Lipinski definition) is 4. The summed E-state index contributed by atoms with van der Waals surface area (Å²) in [7, 11) is -8.20. The zero-order valence-electron chi connectivity index (χ0n) is 27.6. The highest BCUT2D eigenvalue weighted by Gasteiger charge is 2.32. The van der Waals surface area contributed by atoms with Crippen molar-refractivity contribution in [1.82, 2.24) is 7.94 Å². The maximum atomic E-state index is 14.8. The van der Waals surface area contributed by atoms with Crippen molar-refractivity contribution in [3.8, 4) is 0 Å². The highest BCUT2D eigenvalue weighted by atomic mass is 32.2. The molecule has 0 unspecified atom stereocenters. The van der Waals surface area contributed by atoms with Crippen LogP contribution in [-0.2, 0) is 20.0 Å². The molecule has 0 saturated heterocycles. The van der Waals surface area contributed by atoms with Crippen LogP contribution < -0.4 is 0 Å². The molecular weight excluding hydrogens is 637 g/mol.